The first-order valence-corrected chi connectivity index (χ1v) is 7.34. The molecule has 0 saturated carbocycles. The van der Waals surface area contributed by atoms with Crippen LogP contribution in [0.1, 0.15) is 44.2 Å². The normalized spacial score (nSPS) is 13.5. The molecule has 0 aliphatic carbocycles. The van der Waals surface area contributed by atoms with E-state index in [-0.39, 0.29) is 12.5 Å². The third-order valence-electron chi connectivity index (χ3n) is 2.95. The Kier molecular flexibility index (Phi) is 7.13. The molecule has 20 heavy (non-hydrogen) atoms. The second-order valence-corrected chi connectivity index (χ2v) is 5.44. The molecular formula is C14H18Cl2F3N. The largest absolute Gasteiger partial charge is 0.389 e. The molecule has 0 aliphatic rings. The van der Waals surface area contributed by atoms with Gasteiger partial charge in [0.15, 0.2) is 0 Å². The van der Waals surface area contributed by atoms with E-state index in [1.54, 1.807) is 18.2 Å². The Hall–Kier alpha value is -0.450. The molecule has 0 aromatic heterocycles. The van der Waals surface area contributed by atoms with Gasteiger partial charge in [-0.1, -0.05) is 42.3 Å². The molecule has 0 fully saturated rings. The van der Waals surface area contributed by atoms with Crippen molar-refractivity contribution >= 4 is 23.2 Å². The number of nitrogens with one attached hydrogen (secondary N) is 1. The molecule has 1 atom stereocenters. The van der Waals surface area contributed by atoms with Crippen molar-refractivity contribution in [2.45, 2.75) is 44.8 Å². The molecule has 1 aromatic rings. The molecule has 0 saturated heterocycles. The summed E-state index contributed by atoms with van der Waals surface area (Å²) in [4.78, 5) is 0. The number of hydrogen-bond acceptors (Lipinski definition) is 1. The molecule has 0 bridgehead atoms. The predicted molar refractivity (Wildman–Crippen MR) is 77.4 cm³/mol. The summed E-state index contributed by atoms with van der Waals surface area (Å²) in [6.07, 6.45) is -3.57. The van der Waals surface area contributed by atoms with Crippen LogP contribution in [0.4, 0.5) is 13.2 Å². The van der Waals surface area contributed by atoms with Gasteiger partial charge in [0.1, 0.15) is 0 Å². The number of alkyl halides is 3. The van der Waals surface area contributed by atoms with Crippen LogP contribution >= 0.6 is 23.2 Å². The first-order chi connectivity index (χ1) is 9.35. The highest BCUT2D eigenvalue weighted by Crippen LogP contribution is 2.33. The van der Waals surface area contributed by atoms with Crippen molar-refractivity contribution in [2.24, 2.45) is 0 Å². The van der Waals surface area contributed by atoms with E-state index in [0.29, 0.717) is 16.5 Å². The van der Waals surface area contributed by atoms with E-state index < -0.39 is 12.6 Å². The summed E-state index contributed by atoms with van der Waals surface area (Å²) in [5.74, 6) is 0. The minimum atomic E-state index is -4.12. The van der Waals surface area contributed by atoms with Crippen molar-refractivity contribution < 1.29 is 13.2 Å². The molecule has 0 radical (unpaired) electrons. The summed E-state index contributed by atoms with van der Waals surface area (Å²) in [6, 6.07) is 5.02. The van der Waals surface area contributed by atoms with Gasteiger partial charge in [0.25, 0.3) is 0 Å². The van der Waals surface area contributed by atoms with E-state index in [1.165, 1.54) is 0 Å². The zero-order chi connectivity index (χ0) is 15.2. The molecule has 0 amide bonds. The minimum Gasteiger partial charge on any atom is -0.310 e. The summed E-state index contributed by atoms with van der Waals surface area (Å²) >= 11 is 12.1. The van der Waals surface area contributed by atoms with Crippen molar-refractivity contribution in [1.29, 1.82) is 0 Å². The van der Waals surface area contributed by atoms with Crippen LogP contribution < -0.4 is 5.32 Å². The fraction of sp³-hybridized carbons (Fsp3) is 0.571. The van der Waals surface area contributed by atoms with Gasteiger partial charge in [-0.3, -0.25) is 0 Å². The first kappa shape index (κ1) is 17.6. The minimum absolute atomic E-state index is 0.0632. The maximum atomic E-state index is 12.2. The second-order valence-electron chi connectivity index (χ2n) is 4.66. The topological polar surface area (TPSA) is 12.0 Å². The Bertz CT molecular complexity index is 421. The zero-order valence-corrected chi connectivity index (χ0v) is 12.7. The van der Waals surface area contributed by atoms with Crippen LogP contribution in [0.2, 0.25) is 10.0 Å². The molecular weight excluding hydrogens is 310 g/mol. The van der Waals surface area contributed by atoms with E-state index in [2.05, 4.69) is 5.32 Å². The molecule has 6 heteroatoms. The van der Waals surface area contributed by atoms with E-state index in [9.17, 15) is 13.2 Å². The Morgan fingerprint density at radius 1 is 1.25 bits per heavy atom. The molecule has 1 unspecified atom stereocenters. The second kappa shape index (κ2) is 8.11. The van der Waals surface area contributed by atoms with Gasteiger partial charge in [0, 0.05) is 12.5 Å². The monoisotopic (exact) mass is 327 g/mol. The lowest BCUT2D eigenvalue weighted by Crippen LogP contribution is -2.23. The number of benzene rings is 1. The van der Waals surface area contributed by atoms with Crippen LogP contribution in [0.3, 0.4) is 0 Å². The van der Waals surface area contributed by atoms with Gasteiger partial charge in [0.2, 0.25) is 0 Å². The third kappa shape index (κ3) is 5.90. The lowest BCUT2D eigenvalue weighted by Gasteiger charge is -2.21. The summed E-state index contributed by atoms with van der Waals surface area (Å²) in [5, 5.41) is 4.06. The van der Waals surface area contributed by atoms with Gasteiger partial charge in [-0.15, -0.1) is 0 Å². The maximum Gasteiger partial charge on any atom is 0.389 e. The Labute approximate surface area is 127 Å². The molecule has 0 spiro atoms. The highest BCUT2D eigenvalue weighted by atomic mass is 35.5. The summed E-state index contributed by atoms with van der Waals surface area (Å²) in [6.45, 7) is 2.72. The molecule has 1 N–H and O–H groups in total. The number of hydrogen-bond donors (Lipinski definition) is 1. The third-order valence-corrected chi connectivity index (χ3v) is 3.78. The highest BCUT2D eigenvalue weighted by molar-refractivity contribution is 6.42. The van der Waals surface area contributed by atoms with Crippen molar-refractivity contribution in [2.75, 3.05) is 6.54 Å². The van der Waals surface area contributed by atoms with Crippen LogP contribution in [0.15, 0.2) is 18.2 Å². The van der Waals surface area contributed by atoms with Crippen LogP contribution in [0, 0.1) is 0 Å². The average molecular weight is 328 g/mol. The molecule has 114 valence electrons. The zero-order valence-electron chi connectivity index (χ0n) is 11.2. The van der Waals surface area contributed by atoms with Gasteiger partial charge < -0.3 is 5.32 Å². The quantitative estimate of drug-likeness (QED) is 0.670. The first-order valence-electron chi connectivity index (χ1n) is 6.59. The molecule has 1 rings (SSSR count). The van der Waals surface area contributed by atoms with Crippen LogP contribution in [-0.4, -0.2) is 12.7 Å². The van der Waals surface area contributed by atoms with Crippen molar-refractivity contribution in [3.8, 4) is 0 Å². The van der Waals surface area contributed by atoms with Crippen molar-refractivity contribution in [3.05, 3.63) is 33.8 Å². The predicted octanol–water partition coefficient (Wildman–Crippen LogP) is 5.77. The molecule has 1 aromatic carbocycles. The number of halogens is 5. The van der Waals surface area contributed by atoms with Crippen LogP contribution in [-0.2, 0) is 0 Å². The summed E-state index contributed by atoms with van der Waals surface area (Å²) in [7, 11) is 0. The van der Waals surface area contributed by atoms with Gasteiger partial charge in [0.05, 0.1) is 10.0 Å². The summed E-state index contributed by atoms with van der Waals surface area (Å²) < 4.78 is 36.7. The highest BCUT2D eigenvalue weighted by Gasteiger charge is 2.27. The van der Waals surface area contributed by atoms with E-state index in [4.69, 9.17) is 23.2 Å². The van der Waals surface area contributed by atoms with E-state index in [1.807, 2.05) is 6.92 Å². The SMILES string of the molecule is CCCNC(CCCC(F)(F)F)c1cccc(Cl)c1Cl. The van der Waals surface area contributed by atoms with Crippen LogP contribution in [0.5, 0.6) is 0 Å². The standard InChI is InChI=1S/C14H18Cl2F3N/c1-2-9-20-12(7-4-8-14(17,18)19)10-5-3-6-11(15)13(10)16/h3,5-6,12,20H,2,4,7-9H2,1H3. The molecule has 0 aliphatic heterocycles. The Balaban J connectivity index is 2.75. The Morgan fingerprint density at radius 3 is 2.55 bits per heavy atom. The summed E-state index contributed by atoms with van der Waals surface area (Å²) in [5.41, 5.74) is 0.759. The fourth-order valence-corrected chi connectivity index (χ4v) is 2.42. The molecule has 1 nitrogen and oxygen atoms in total. The van der Waals surface area contributed by atoms with Crippen LogP contribution in [0.25, 0.3) is 0 Å². The maximum absolute atomic E-state index is 12.2. The van der Waals surface area contributed by atoms with Gasteiger partial charge in [-0.2, -0.15) is 13.2 Å². The fourth-order valence-electron chi connectivity index (χ4n) is 1.98. The lowest BCUT2D eigenvalue weighted by molar-refractivity contribution is -0.135. The van der Waals surface area contributed by atoms with Gasteiger partial charge in [-0.05, 0) is 37.4 Å². The van der Waals surface area contributed by atoms with Crippen molar-refractivity contribution in [1.82, 2.24) is 5.32 Å². The lowest BCUT2D eigenvalue weighted by atomic mass is 10.0. The van der Waals surface area contributed by atoms with Gasteiger partial charge in [-0.25, -0.2) is 0 Å². The number of rotatable bonds is 7. The van der Waals surface area contributed by atoms with Gasteiger partial charge >= 0.3 is 6.18 Å². The Morgan fingerprint density at radius 2 is 1.95 bits per heavy atom. The smallest absolute Gasteiger partial charge is 0.310 e. The average Bonchev–Trinajstić information content (AvgIpc) is 2.36. The van der Waals surface area contributed by atoms with E-state index in [0.717, 1.165) is 18.5 Å². The van der Waals surface area contributed by atoms with Crippen molar-refractivity contribution in [3.63, 3.8) is 0 Å². The van der Waals surface area contributed by atoms with E-state index >= 15 is 0 Å². The molecule has 0 heterocycles.